The molecule has 2 rings (SSSR count). The Morgan fingerprint density at radius 2 is 2.20 bits per heavy atom. The zero-order valence-electron chi connectivity index (χ0n) is 12.8. The van der Waals surface area contributed by atoms with E-state index in [9.17, 15) is 0 Å². The molecule has 2 heterocycles. The quantitative estimate of drug-likeness (QED) is 0.899. The molecule has 0 bridgehead atoms. The first kappa shape index (κ1) is 15.3. The molecule has 1 unspecified atom stereocenters. The minimum Gasteiger partial charge on any atom is -0.489 e. The zero-order chi connectivity index (χ0) is 14.4. The third-order valence-electron chi connectivity index (χ3n) is 3.31. The summed E-state index contributed by atoms with van der Waals surface area (Å²) in [5.41, 5.74) is 1.14. The summed E-state index contributed by atoms with van der Waals surface area (Å²) in [6, 6.07) is 3.99. The maximum Gasteiger partial charge on any atom is 0.137 e. The van der Waals surface area contributed by atoms with Crippen LogP contribution in [-0.2, 0) is 11.3 Å². The van der Waals surface area contributed by atoms with Crippen molar-refractivity contribution >= 4 is 0 Å². The fraction of sp³-hybridized carbons (Fsp3) is 0.688. The van der Waals surface area contributed by atoms with Gasteiger partial charge in [-0.2, -0.15) is 0 Å². The van der Waals surface area contributed by atoms with E-state index in [1.807, 2.05) is 12.1 Å². The van der Waals surface area contributed by atoms with Crippen molar-refractivity contribution in [3.63, 3.8) is 0 Å². The second-order valence-electron chi connectivity index (χ2n) is 6.39. The molecule has 0 amide bonds. The molecule has 1 N–H and O–H groups in total. The van der Waals surface area contributed by atoms with Crippen LogP contribution in [0.3, 0.4) is 0 Å². The van der Waals surface area contributed by atoms with E-state index in [-0.39, 0.29) is 11.6 Å². The molecule has 0 spiro atoms. The monoisotopic (exact) mass is 278 g/mol. The predicted molar refractivity (Wildman–Crippen MR) is 79.9 cm³/mol. The predicted octanol–water partition coefficient (Wildman–Crippen LogP) is 2.92. The lowest BCUT2D eigenvalue weighted by atomic mass is 10.1. The summed E-state index contributed by atoms with van der Waals surface area (Å²) in [5.74, 6) is 0.818. The molecule has 4 nitrogen and oxygen atoms in total. The fourth-order valence-corrected chi connectivity index (χ4v) is 2.08. The maximum absolute atomic E-state index is 5.74. The molecule has 112 valence electrons. The van der Waals surface area contributed by atoms with Crippen molar-refractivity contribution in [3.8, 4) is 5.75 Å². The zero-order valence-corrected chi connectivity index (χ0v) is 12.8. The summed E-state index contributed by atoms with van der Waals surface area (Å²) in [4.78, 5) is 4.42. The Morgan fingerprint density at radius 1 is 1.35 bits per heavy atom. The lowest BCUT2D eigenvalue weighted by molar-refractivity contribution is -0.0111. The molecule has 1 fully saturated rings. The molecule has 1 aliphatic rings. The van der Waals surface area contributed by atoms with E-state index in [0.29, 0.717) is 6.61 Å². The van der Waals surface area contributed by atoms with Crippen LogP contribution < -0.4 is 10.1 Å². The molecule has 4 heteroatoms. The number of rotatable bonds is 5. The van der Waals surface area contributed by atoms with Gasteiger partial charge in [0.1, 0.15) is 12.4 Å². The highest BCUT2D eigenvalue weighted by atomic mass is 16.5. The summed E-state index contributed by atoms with van der Waals surface area (Å²) >= 11 is 0. The lowest BCUT2D eigenvalue weighted by Crippen LogP contribution is -2.35. The molecule has 0 aromatic carbocycles. The van der Waals surface area contributed by atoms with Gasteiger partial charge in [0.15, 0.2) is 0 Å². The van der Waals surface area contributed by atoms with Crippen molar-refractivity contribution < 1.29 is 9.47 Å². The van der Waals surface area contributed by atoms with E-state index >= 15 is 0 Å². The Bertz CT molecular complexity index is 392. The van der Waals surface area contributed by atoms with Crippen molar-refractivity contribution in [3.05, 3.63) is 24.0 Å². The Labute approximate surface area is 121 Å². The van der Waals surface area contributed by atoms with Gasteiger partial charge in [-0.1, -0.05) is 0 Å². The smallest absolute Gasteiger partial charge is 0.137 e. The molecule has 1 aromatic rings. The molecule has 1 aromatic heterocycles. The first-order chi connectivity index (χ1) is 9.53. The molecule has 1 aliphatic heterocycles. The first-order valence-electron chi connectivity index (χ1n) is 7.47. The molecule has 1 atom stereocenters. The molecule has 0 saturated carbocycles. The average Bonchev–Trinajstić information content (AvgIpc) is 2.44. The summed E-state index contributed by atoms with van der Waals surface area (Å²) in [5, 5.41) is 3.42. The minimum absolute atomic E-state index is 0.106. The van der Waals surface area contributed by atoms with Gasteiger partial charge in [0, 0.05) is 18.7 Å². The van der Waals surface area contributed by atoms with E-state index in [2.05, 4.69) is 31.1 Å². The van der Waals surface area contributed by atoms with E-state index in [1.54, 1.807) is 6.20 Å². The van der Waals surface area contributed by atoms with Gasteiger partial charge in [-0.25, -0.2) is 0 Å². The standard InChI is InChI=1S/C16H26N2O2/c1-16(2,3)18-10-13-7-8-14(11-17-13)20-12-15-6-4-5-9-19-15/h7-8,11,15,18H,4-6,9-10,12H2,1-3H3. The summed E-state index contributed by atoms with van der Waals surface area (Å²) in [6.07, 6.45) is 5.55. The highest BCUT2D eigenvalue weighted by Gasteiger charge is 2.14. The van der Waals surface area contributed by atoms with Crippen LogP contribution in [0.25, 0.3) is 0 Å². The summed E-state index contributed by atoms with van der Waals surface area (Å²) in [7, 11) is 0. The molecule has 0 radical (unpaired) electrons. The van der Waals surface area contributed by atoms with Crippen LogP contribution in [0.4, 0.5) is 0 Å². The molecule has 0 aliphatic carbocycles. The summed E-state index contributed by atoms with van der Waals surface area (Å²) in [6.45, 7) is 8.71. The van der Waals surface area contributed by atoms with Crippen LogP contribution >= 0.6 is 0 Å². The summed E-state index contributed by atoms with van der Waals surface area (Å²) < 4.78 is 11.4. The molecule has 20 heavy (non-hydrogen) atoms. The van der Waals surface area contributed by atoms with Gasteiger partial charge in [0.05, 0.1) is 18.0 Å². The Balaban J connectivity index is 1.76. The Hall–Kier alpha value is -1.13. The largest absolute Gasteiger partial charge is 0.489 e. The van der Waals surface area contributed by atoms with Crippen LogP contribution in [-0.4, -0.2) is 29.8 Å². The van der Waals surface area contributed by atoms with E-state index in [4.69, 9.17) is 9.47 Å². The first-order valence-corrected chi connectivity index (χ1v) is 7.47. The number of hydrogen-bond acceptors (Lipinski definition) is 4. The maximum atomic E-state index is 5.74. The normalized spacial score (nSPS) is 19.9. The fourth-order valence-electron chi connectivity index (χ4n) is 2.08. The highest BCUT2D eigenvalue weighted by molar-refractivity contribution is 5.20. The minimum atomic E-state index is 0.106. The Kier molecular flexibility index (Phi) is 5.38. The average molecular weight is 278 g/mol. The van der Waals surface area contributed by atoms with Gasteiger partial charge in [-0.3, -0.25) is 4.98 Å². The number of nitrogens with zero attached hydrogens (tertiary/aromatic N) is 1. The third kappa shape index (κ3) is 5.47. The van der Waals surface area contributed by atoms with Crippen LogP contribution in [0, 0.1) is 0 Å². The second-order valence-corrected chi connectivity index (χ2v) is 6.39. The van der Waals surface area contributed by atoms with Crippen LogP contribution in [0.15, 0.2) is 18.3 Å². The van der Waals surface area contributed by atoms with Gasteiger partial charge >= 0.3 is 0 Å². The van der Waals surface area contributed by atoms with Gasteiger partial charge in [0.25, 0.3) is 0 Å². The number of pyridine rings is 1. The van der Waals surface area contributed by atoms with E-state index in [0.717, 1.165) is 31.0 Å². The van der Waals surface area contributed by atoms with Gasteiger partial charge in [-0.05, 0) is 52.2 Å². The van der Waals surface area contributed by atoms with Crippen molar-refractivity contribution in [2.24, 2.45) is 0 Å². The van der Waals surface area contributed by atoms with Crippen LogP contribution in [0.2, 0.25) is 0 Å². The number of ether oxygens (including phenoxy) is 2. The molecular weight excluding hydrogens is 252 g/mol. The molecule has 1 saturated heterocycles. The number of aromatic nitrogens is 1. The number of hydrogen-bond donors (Lipinski definition) is 1. The van der Waals surface area contributed by atoms with E-state index in [1.165, 1.54) is 12.8 Å². The number of nitrogens with one attached hydrogen (secondary N) is 1. The SMILES string of the molecule is CC(C)(C)NCc1ccc(OCC2CCCCO2)cn1. The highest BCUT2D eigenvalue weighted by Crippen LogP contribution is 2.15. The van der Waals surface area contributed by atoms with Crippen molar-refractivity contribution in [1.82, 2.24) is 10.3 Å². The molecular formula is C16H26N2O2. The third-order valence-corrected chi connectivity index (χ3v) is 3.31. The van der Waals surface area contributed by atoms with Crippen molar-refractivity contribution in [2.45, 2.75) is 58.2 Å². The van der Waals surface area contributed by atoms with Gasteiger partial charge in [-0.15, -0.1) is 0 Å². The van der Waals surface area contributed by atoms with Crippen LogP contribution in [0.1, 0.15) is 45.7 Å². The van der Waals surface area contributed by atoms with Crippen LogP contribution in [0.5, 0.6) is 5.75 Å². The van der Waals surface area contributed by atoms with Gasteiger partial charge < -0.3 is 14.8 Å². The lowest BCUT2D eigenvalue weighted by Gasteiger charge is -2.22. The topological polar surface area (TPSA) is 43.4 Å². The van der Waals surface area contributed by atoms with Crippen molar-refractivity contribution in [2.75, 3.05) is 13.2 Å². The van der Waals surface area contributed by atoms with Crippen molar-refractivity contribution in [1.29, 1.82) is 0 Å². The second kappa shape index (κ2) is 7.04. The Morgan fingerprint density at radius 3 is 2.80 bits per heavy atom. The van der Waals surface area contributed by atoms with Gasteiger partial charge in [0.2, 0.25) is 0 Å². The van der Waals surface area contributed by atoms with E-state index < -0.39 is 0 Å².